The molecule has 0 fully saturated rings. The van der Waals surface area contributed by atoms with Gasteiger partial charge in [-0.3, -0.25) is 0 Å². The van der Waals surface area contributed by atoms with Crippen molar-refractivity contribution in [3.05, 3.63) is 179 Å². The third kappa shape index (κ3) is 11.6. The Hall–Kier alpha value is -4.36. The fourth-order valence-electron chi connectivity index (χ4n) is 4.41. The van der Waals surface area contributed by atoms with Crippen LogP contribution >= 0.6 is 0 Å². The zero-order chi connectivity index (χ0) is 31.0. The number of benzene rings is 5. The van der Waals surface area contributed by atoms with Crippen molar-refractivity contribution in [1.82, 2.24) is 0 Å². The molecule has 0 saturated heterocycles. The molecule has 0 aliphatic carbocycles. The minimum absolute atomic E-state index is 0. The van der Waals surface area contributed by atoms with E-state index in [4.69, 9.17) is 6.42 Å². The van der Waals surface area contributed by atoms with Crippen LogP contribution in [0, 0.1) is 19.3 Å². The van der Waals surface area contributed by atoms with Crippen LogP contribution in [0.1, 0.15) is 33.4 Å². The summed E-state index contributed by atoms with van der Waals surface area (Å²) in [7, 11) is 0. The van der Waals surface area contributed by atoms with Gasteiger partial charge in [0.1, 0.15) is 0 Å². The van der Waals surface area contributed by atoms with E-state index in [0.29, 0.717) is 0 Å². The van der Waals surface area contributed by atoms with E-state index in [9.17, 15) is 10.2 Å². The van der Waals surface area contributed by atoms with E-state index >= 15 is 0 Å². The van der Waals surface area contributed by atoms with E-state index in [1.54, 1.807) is 24.3 Å². The SMILES string of the molecule is C#C/C=C(\C=C/C[O-])c1ccc(/C=C/c2ccccc2)cc1.Cc1cc(-c2ccc(/C=C/c3ccccc3)cc2)ccc1[O-].[Ca+2]. The van der Waals surface area contributed by atoms with E-state index in [1.807, 2.05) is 79.7 Å². The Bertz CT molecular complexity index is 1770. The molecule has 0 atom stereocenters. The fourth-order valence-corrected chi connectivity index (χ4v) is 4.41. The first-order chi connectivity index (χ1) is 21.6. The van der Waals surface area contributed by atoms with Gasteiger partial charge in [0.15, 0.2) is 0 Å². The molecule has 5 aromatic rings. The minimum atomic E-state index is -0.250. The van der Waals surface area contributed by atoms with Gasteiger partial charge in [-0.1, -0.05) is 169 Å². The van der Waals surface area contributed by atoms with Gasteiger partial charge in [0, 0.05) is 0 Å². The molecule has 0 spiro atoms. The molecule has 0 amide bonds. The molecular weight excluding hydrogens is 577 g/mol. The molecule has 0 aliphatic rings. The van der Waals surface area contributed by atoms with Crippen molar-refractivity contribution >= 4 is 67.6 Å². The second kappa shape index (κ2) is 19.1. The van der Waals surface area contributed by atoms with Crippen LogP contribution in [0.4, 0.5) is 0 Å². The second-order valence-electron chi connectivity index (χ2n) is 10.0. The van der Waals surface area contributed by atoms with Crippen molar-refractivity contribution in [2.24, 2.45) is 0 Å². The Morgan fingerprint density at radius 2 is 1.11 bits per heavy atom. The Morgan fingerprint density at radius 1 is 0.644 bits per heavy atom. The van der Waals surface area contributed by atoms with Crippen molar-refractivity contribution in [1.29, 1.82) is 0 Å². The molecule has 0 unspecified atom stereocenters. The predicted octanol–water partition coefficient (Wildman–Crippen LogP) is 8.32. The molecule has 0 heterocycles. The van der Waals surface area contributed by atoms with Crippen LogP contribution in [0.3, 0.4) is 0 Å². The van der Waals surface area contributed by atoms with Gasteiger partial charge in [-0.15, -0.1) is 24.9 Å². The maximum atomic E-state index is 11.5. The number of terminal acetylenes is 1. The normalized spacial score (nSPS) is 11.2. The zero-order valence-electron chi connectivity index (χ0n) is 25.5. The maximum Gasteiger partial charge on any atom is 2.00 e. The molecule has 0 aliphatic heterocycles. The molecule has 5 aromatic carbocycles. The summed E-state index contributed by atoms with van der Waals surface area (Å²) < 4.78 is 0. The molecule has 3 heteroatoms. The number of hydrogen-bond donors (Lipinski definition) is 0. The van der Waals surface area contributed by atoms with Gasteiger partial charge in [0.25, 0.3) is 0 Å². The summed E-state index contributed by atoms with van der Waals surface area (Å²) in [4.78, 5) is 0. The van der Waals surface area contributed by atoms with E-state index < -0.39 is 0 Å². The first kappa shape index (κ1) is 35.1. The molecule has 216 valence electrons. The van der Waals surface area contributed by atoms with Gasteiger partial charge in [0.2, 0.25) is 0 Å². The summed E-state index contributed by atoms with van der Waals surface area (Å²) in [5.74, 6) is 2.60. The summed E-state index contributed by atoms with van der Waals surface area (Å²) in [5, 5.41) is 22.0. The van der Waals surface area contributed by atoms with Crippen LogP contribution in [0.2, 0.25) is 0 Å². The van der Waals surface area contributed by atoms with Crippen LogP contribution in [0.25, 0.3) is 41.0 Å². The van der Waals surface area contributed by atoms with Gasteiger partial charge in [0.05, 0.1) is 0 Å². The third-order valence-corrected chi connectivity index (χ3v) is 6.83. The van der Waals surface area contributed by atoms with Gasteiger partial charge in [-0.05, 0) is 57.5 Å². The molecule has 45 heavy (non-hydrogen) atoms. The number of hydrogen-bond acceptors (Lipinski definition) is 2. The van der Waals surface area contributed by atoms with Crippen molar-refractivity contribution in [2.75, 3.05) is 6.61 Å². The summed E-state index contributed by atoms with van der Waals surface area (Å²) in [6, 6.07) is 42.3. The standard InChI is InChI=1S/C21H18O.C21H17O.Ca/c1-16-15-20(13-14-21(16)22)19-11-9-18(10-12-19)8-7-17-5-3-2-4-6-17;1-2-7-20(10-6-17-22)21-15-13-19(14-16-21)12-11-18-8-4-3-5-9-18;/h2-15,22H,1H3;1,3-16H,17H2;/q;-1;+2/p-1/b8-7+;10-6-,12-11+,20-7+;. The first-order valence-electron chi connectivity index (χ1n) is 14.4. The quantitative estimate of drug-likeness (QED) is 0.0768. The number of aryl methyl sites for hydroxylation is 1. The summed E-state index contributed by atoms with van der Waals surface area (Å²) in [6.07, 6.45) is 18.7. The van der Waals surface area contributed by atoms with Crippen molar-refractivity contribution < 1.29 is 10.2 Å². The average Bonchev–Trinajstić information content (AvgIpc) is 3.08. The minimum Gasteiger partial charge on any atom is -0.872 e. The van der Waals surface area contributed by atoms with Crippen LogP contribution in [-0.4, -0.2) is 44.3 Å². The van der Waals surface area contributed by atoms with E-state index in [2.05, 4.69) is 78.8 Å². The van der Waals surface area contributed by atoms with Crippen LogP contribution < -0.4 is 10.2 Å². The average molecular weight is 611 g/mol. The Labute approximate surface area is 297 Å². The van der Waals surface area contributed by atoms with E-state index in [1.165, 1.54) is 5.56 Å². The molecule has 0 aromatic heterocycles. The first-order valence-corrected chi connectivity index (χ1v) is 14.4. The zero-order valence-corrected chi connectivity index (χ0v) is 27.7. The Balaban J connectivity index is 0.000000240. The molecule has 2 nitrogen and oxygen atoms in total. The van der Waals surface area contributed by atoms with Crippen molar-refractivity contribution in [3.63, 3.8) is 0 Å². The molecular formula is C42H34CaO2. The summed E-state index contributed by atoms with van der Waals surface area (Å²) >= 11 is 0. The topological polar surface area (TPSA) is 46.1 Å². The summed E-state index contributed by atoms with van der Waals surface area (Å²) in [5.41, 5.74) is 9.48. The van der Waals surface area contributed by atoms with Crippen molar-refractivity contribution in [2.45, 2.75) is 6.92 Å². The fraction of sp³-hybridized carbons (Fsp3) is 0.0476. The molecule has 0 saturated carbocycles. The van der Waals surface area contributed by atoms with Gasteiger partial charge in [-0.2, -0.15) is 0 Å². The van der Waals surface area contributed by atoms with Gasteiger partial charge >= 0.3 is 37.7 Å². The largest absolute Gasteiger partial charge is 2.00 e. The van der Waals surface area contributed by atoms with Gasteiger partial charge in [-0.25, -0.2) is 0 Å². The van der Waals surface area contributed by atoms with Crippen LogP contribution in [0.5, 0.6) is 5.75 Å². The summed E-state index contributed by atoms with van der Waals surface area (Å²) in [6.45, 7) is 1.60. The van der Waals surface area contributed by atoms with Crippen LogP contribution in [-0.2, 0) is 0 Å². The Morgan fingerprint density at radius 3 is 1.58 bits per heavy atom. The third-order valence-electron chi connectivity index (χ3n) is 6.83. The maximum absolute atomic E-state index is 11.5. The smallest absolute Gasteiger partial charge is 0.872 e. The predicted molar refractivity (Wildman–Crippen MR) is 190 cm³/mol. The van der Waals surface area contributed by atoms with Gasteiger partial charge < -0.3 is 10.2 Å². The number of allylic oxidation sites excluding steroid dienone is 3. The van der Waals surface area contributed by atoms with Crippen LogP contribution in [0.15, 0.2) is 146 Å². The molecule has 0 bridgehead atoms. The monoisotopic (exact) mass is 610 g/mol. The number of rotatable bonds is 8. The van der Waals surface area contributed by atoms with E-state index in [-0.39, 0.29) is 50.1 Å². The van der Waals surface area contributed by atoms with E-state index in [0.717, 1.165) is 44.5 Å². The molecule has 0 N–H and O–H groups in total. The Kier molecular flexibility index (Phi) is 14.9. The molecule has 0 radical (unpaired) electrons. The van der Waals surface area contributed by atoms with Crippen molar-refractivity contribution in [3.8, 4) is 29.2 Å². The molecule has 5 rings (SSSR count). The second-order valence-corrected chi connectivity index (χ2v) is 10.0.